The Morgan fingerprint density at radius 3 is 2.78 bits per heavy atom. The normalized spacial score (nSPS) is 21.2. The molecule has 1 atom stereocenters. The number of carbonyl (C=O) groups excluding carboxylic acids is 2. The van der Waals surface area contributed by atoms with E-state index in [2.05, 4.69) is 22.2 Å². The molecule has 3 aromatic rings. The molecule has 2 aliphatic rings. The first-order valence-corrected chi connectivity index (χ1v) is 13.1. The number of likely N-dealkylation sites (tertiary alicyclic amines) is 1. The zero-order chi connectivity index (χ0) is 25.4. The van der Waals surface area contributed by atoms with Gasteiger partial charge in [-0.15, -0.1) is 0 Å². The van der Waals surface area contributed by atoms with Crippen LogP contribution >= 0.6 is 11.6 Å². The molecule has 2 fully saturated rings. The van der Waals surface area contributed by atoms with Gasteiger partial charge >= 0.3 is 0 Å². The van der Waals surface area contributed by atoms with E-state index in [4.69, 9.17) is 16.3 Å². The number of amides is 2. The third kappa shape index (κ3) is 5.08. The molecule has 36 heavy (non-hydrogen) atoms. The van der Waals surface area contributed by atoms with Crippen LogP contribution in [0.4, 0.5) is 5.69 Å². The average molecular weight is 512 g/mol. The smallest absolute Gasteiger partial charge is 0.244 e. The van der Waals surface area contributed by atoms with Crippen LogP contribution in [0, 0.1) is 5.92 Å². The van der Waals surface area contributed by atoms with Crippen LogP contribution in [0.15, 0.2) is 30.6 Å². The molecule has 2 saturated heterocycles. The fourth-order valence-corrected chi connectivity index (χ4v) is 5.68. The number of hydrogen-bond donors (Lipinski definition) is 2. The first kappa shape index (κ1) is 25.0. The van der Waals surface area contributed by atoms with Gasteiger partial charge in [0, 0.05) is 41.6 Å². The molecule has 1 aromatic carbocycles. The summed E-state index contributed by atoms with van der Waals surface area (Å²) in [5, 5.41) is 5.49. The van der Waals surface area contributed by atoms with Crippen LogP contribution in [0.3, 0.4) is 0 Å². The van der Waals surface area contributed by atoms with Gasteiger partial charge in [0.25, 0.3) is 0 Å². The van der Waals surface area contributed by atoms with Crippen molar-refractivity contribution in [3.05, 3.63) is 35.6 Å². The number of aromatic nitrogens is 2. The molecule has 2 N–H and O–H groups in total. The fraction of sp³-hybridized carbons (Fsp3) is 0.519. The second-order valence-corrected chi connectivity index (χ2v) is 11.1. The maximum Gasteiger partial charge on any atom is 0.244 e. The van der Waals surface area contributed by atoms with Crippen LogP contribution in [0.1, 0.15) is 40.0 Å². The monoisotopic (exact) mass is 511 g/mol. The minimum absolute atomic E-state index is 0.0771. The standard InChI is InChI=1S/C27H34ClN5O3/c1-4-17-6-9-32(10-7-17)24(34)14-33-16-27(2,3)36-15-23(33)26(35)31-21-12-18(28)11-20-19-5-8-29-13-22(19)30-25(20)21/h5,8,11-13,17,23,30H,4,6-7,9-10,14-16H2,1-3H3,(H,31,35)/t23-/m0/s1. The molecule has 0 bridgehead atoms. The lowest BCUT2D eigenvalue weighted by Crippen LogP contribution is -2.60. The average Bonchev–Trinajstić information content (AvgIpc) is 3.22. The SMILES string of the molecule is CCC1CCN(C(=O)CN2CC(C)(C)OC[C@H]2C(=O)Nc2cc(Cl)cc3c2[nH]c2cnccc23)CC1. The molecule has 9 heteroatoms. The zero-order valence-electron chi connectivity index (χ0n) is 21.1. The van der Waals surface area contributed by atoms with Crippen LogP contribution in [-0.4, -0.2) is 76.0 Å². The molecule has 192 valence electrons. The zero-order valence-corrected chi connectivity index (χ0v) is 21.9. The minimum atomic E-state index is -0.588. The summed E-state index contributed by atoms with van der Waals surface area (Å²) >= 11 is 6.43. The van der Waals surface area contributed by atoms with Crippen molar-refractivity contribution in [3.8, 4) is 0 Å². The van der Waals surface area contributed by atoms with E-state index in [1.54, 1.807) is 18.5 Å². The Morgan fingerprint density at radius 1 is 1.25 bits per heavy atom. The summed E-state index contributed by atoms with van der Waals surface area (Å²) in [6.45, 7) is 8.67. The van der Waals surface area contributed by atoms with E-state index in [-0.39, 0.29) is 25.0 Å². The van der Waals surface area contributed by atoms with Crippen LogP contribution in [0.2, 0.25) is 5.02 Å². The number of rotatable bonds is 5. The Labute approximate surface area is 216 Å². The highest BCUT2D eigenvalue weighted by Gasteiger charge is 2.39. The van der Waals surface area contributed by atoms with E-state index in [1.165, 1.54) is 0 Å². The lowest BCUT2D eigenvalue weighted by Gasteiger charge is -2.43. The number of anilines is 1. The Hall–Kier alpha value is -2.68. The van der Waals surface area contributed by atoms with Crippen molar-refractivity contribution < 1.29 is 14.3 Å². The van der Waals surface area contributed by atoms with Crippen molar-refractivity contribution >= 4 is 50.9 Å². The van der Waals surface area contributed by atoms with Crippen molar-refractivity contribution in [3.63, 3.8) is 0 Å². The number of carbonyl (C=O) groups is 2. The van der Waals surface area contributed by atoms with Crippen molar-refractivity contribution in [2.45, 2.75) is 51.7 Å². The highest BCUT2D eigenvalue weighted by molar-refractivity contribution is 6.33. The lowest BCUT2D eigenvalue weighted by atomic mass is 9.94. The molecule has 0 radical (unpaired) electrons. The summed E-state index contributed by atoms with van der Waals surface area (Å²) in [6, 6.07) is 4.95. The fourth-order valence-electron chi connectivity index (χ4n) is 5.46. The number of piperidine rings is 1. The van der Waals surface area contributed by atoms with Crippen molar-refractivity contribution in [1.82, 2.24) is 19.8 Å². The third-order valence-electron chi connectivity index (χ3n) is 7.57. The van der Waals surface area contributed by atoms with Crippen LogP contribution in [0.25, 0.3) is 21.8 Å². The molecule has 0 unspecified atom stereocenters. The number of hydrogen-bond acceptors (Lipinski definition) is 5. The summed E-state index contributed by atoms with van der Waals surface area (Å²) in [6.07, 6.45) is 6.74. The second-order valence-electron chi connectivity index (χ2n) is 10.6. The van der Waals surface area contributed by atoms with Gasteiger partial charge in [0.05, 0.1) is 41.7 Å². The number of nitrogens with zero attached hydrogens (tertiary/aromatic N) is 3. The van der Waals surface area contributed by atoms with Gasteiger partial charge in [-0.1, -0.05) is 24.9 Å². The molecule has 0 aliphatic carbocycles. The first-order valence-electron chi connectivity index (χ1n) is 12.8. The van der Waals surface area contributed by atoms with Gasteiger partial charge < -0.3 is 19.9 Å². The molecule has 8 nitrogen and oxygen atoms in total. The van der Waals surface area contributed by atoms with Crippen molar-refractivity contribution in [1.29, 1.82) is 0 Å². The molecule has 2 aliphatic heterocycles. The number of benzene rings is 1. The first-order chi connectivity index (χ1) is 17.2. The van der Waals surface area contributed by atoms with Crippen molar-refractivity contribution in [2.24, 2.45) is 5.92 Å². The summed E-state index contributed by atoms with van der Waals surface area (Å²) in [5.74, 6) is 0.557. The lowest BCUT2D eigenvalue weighted by molar-refractivity contribution is -0.150. The summed E-state index contributed by atoms with van der Waals surface area (Å²) in [5.41, 5.74) is 1.80. The molecule has 2 aromatic heterocycles. The van der Waals surface area contributed by atoms with Gasteiger partial charge in [0.2, 0.25) is 11.8 Å². The molecule has 5 rings (SSSR count). The van der Waals surface area contributed by atoms with Crippen molar-refractivity contribution in [2.75, 3.05) is 38.1 Å². The predicted molar refractivity (Wildman–Crippen MR) is 142 cm³/mol. The van der Waals surface area contributed by atoms with E-state index in [0.29, 0.717) is 23.2 Å². The number of aromatic amines is 1. The van der Waals surface area contributed by atoms with E-state index in [0.717, 1.165) is 54.2 Å². The van der Waals surface area contributed by atoms with E-state index in [1.807, 2.05) is 35.8 Å². The van der Waals surface area contributed by atoms with Gasteiger partial charge in [-0.25, -0.2) is 0 Å². The number of morpholine rings is 1. The van der Waals surface area contributed by atoms with Gasteiger partial charge in [-0.3, -0.25) is 19.5 Å². The van der Waals surface area contributed by atoms with Crippen LogP contribution in [-0.2, 0) is 14.3 Å². The molecule has 0 spiro atoms. The van der Waals surface area contributed by atoms with Crippen LogP contribution < -0.4 is 5.32 Å². The molecule has 2 amide bonds. The Kier molecular flexibility index (Phi) is 6.94. The summed E-state index contributed by atoms with van der Waals surface area (Å²) < 4.78 is 6.01. The second kappa shape index (κ2) is 10.00. The number of pyridine rings is 1. The molecular weight excluding hydrogens is 478 g/mol. The maximum atomic E-state index is 13.6. The van der Waals surface area contributed by atoms with Gasteiger partial charge in [0.15, 0.2) is 0 Å². The van der Waals surface area contributed by atoms with Gasteiger partial charge in [0.1, 0.15) is 6.04 Å². The number of fused-ring (bicyclic) bond motifs is 3. The summed E-state index contributed by atoms with van der Waals surface area (Å²) in [4.78, 5) is 38.2. The molecular formula is C27H34ClN5O3. The van der Waals surface area contributed by atoms with Gasteiger partial charge in [-0.2, -0.15) is 0 Å². The van der Waals surface area contributed by atoms with E-state index >= 15 is 0 Å². The number of H-pyrrole nitrogens is 1. The largest absolute Gasteiger partial charge is 0.372 e. The Balaban J connectivity index is 1.36. The van der Waals surface area contributed by atoms with Gasteiger partial charge in [-0.05, 0) is 50.8 Å². The van der Waals surface area contributed by atoms with Crippen LogP contribution in [0.5, 0.6) is 0 Å². The van der Waals surface area contributed by atoms with E-state index < -0.39 is 11.6 Å². The molecule has 0 saturated carbocycles. The quantitative estimate of drug-likeness (QED) is 0.528. The Morgan fingerprint density at radius 2 is 2.03 bits per heavy atom. The number of halogens is 1. The topological polar surface area (TPSA) is 90.6 Å². The predicted octanol–water partition coefficient (Wildman–Crippen LogP) is 4.44. The minimum Gasteiger partial charge on any atom is -0.372 e. The number of nitrogens with one attached hydrogen (secondary N) is 2. The number of ether oxygens (including phenoxy) is 1. The highest BCUT2D eigenvalue weighted by Crippen LogP contribution is 2.33. The molecule has 4 heterocycles. The highest BCUT2D eigenvalue weighted by atomic mass is 35.5. The van der Waals surface area contributed by atoms with E-state index in [9.17, 15) is 9.59 Å². The Bertz CT molecular complexity index is 1280. The summed E-state index contributed by atoms with van der Waals surface area (Å²) in [7, 11) is 0. The third-order valence-corrected chi connectivity index (χ3v) is 7.79. The maximum absolute atomic E-state index is 13.6.